The molecule has 0 saturated heterocycles. The third kappa shape index (κ3) is 3.62. The van der Waals surface area contributed by atoms with E-state index in [1.807, 2.05) is 48.5 Å². The van der Waals surface area contributed by atoms with E-state index in [0.29, 0.717) is 17.8 Å². The van der Waals surface area contributed by atoms with Crippen molar-refractivity contribution in [1.29, 1.82) is 0 Å². The average Bonchev–Trinajstić information content (AvgIpc) is 2.74. The van der Waals surface area contributed by atoms with Gasteiger partial charge in [0, 0.05) is 18.1 Å². The van der Waals surface area contributed by atoms with Crippen molar-refractivity contribution in [1.82, 2.24) is 15.3 Å². The van der Waals surface area contributed by atoms with Gasteiger partial charge in [0.15, 0.2) is 0 Å². The van der Waals surface area contributed by atoms with Crippen LogP contribution in [0.15, 0.2) is 72.9 Å². The second-order valence-electron chi connectivity index (χ2n) is 6.90. The highest BCUT2D eigenvalue weighted by molar-refractivity contribution is 6.07. The smallest absolute Gasteiger partial charge is 0.252 e. The van der Waals surface area contributed by atoms with Gasteiger partial charge in [0.2, 0.25) is 0 Å². The van der Waals surface area contributed by atoms with Crippen molar-refractivity contribution in [3.05, 3.63) is 95.2 Å². The second-order valence-corrected chi connectivity index (χ2v) is 6.90. The van der Waals surface area contributed by atoms with E-state index in [9.17, 15) is 4.79 Å². The molecule has 2 aromatic heterocycles. The second kappa shape index (κ2) is 7.61. The molecule has 4 heteroatoms. The minimum absolute atomic E-state index is 0.114. The Balaban J connectivity index is 1.70. The molecular weight excluding hydrogens is 346 g/mol. The van der Waals surface area contributed by atoms with Crippen molar-refractivity contribution in [2.45, 2.75) is 20.4 Å². The maximum atomic E-state index is 13.1. The first-order valence-corrected chi connectivity index (χ1v) is 9.27. The van der Waals surface area contributed by atoms with Crippen molar-refractivity contribution < 1.29 is 4.79 Å². The van der Waals surface area contributed by atoms with Gasteiger partial charge in [-0.3, -0.25) is 9.78 Å². The van der Waals surface area contributed by atoms with Gasteiger partial charge < -0.3 is 5.32 Å². The largest absolute Gasteiger partial charge is 0.348 e. The Morgan fingerprint density at radius 1 is 0.929 bits per heavy atom. The molecule has 0 saturated carbocycles. The predicted molar refractivity (Wildman–Crippen MR) is 112 cm³/mol. The number of fused-ring (bicyclic) bond motifs is 1. The standard InChI is InChI=1S/C24H21N3O/c1-16-10-11-17(2)18(13-16)15-26-24(28)20-14-23(22-9-5-6-12-25-22)27-21-8-4-3-7-19(20)21/h3-14H,15H2,1-2H3,(H,26,28). The minimum atomic E-state index is -0.114. The molecule has 0 aliphatic carbocycles. The summed E-state index contributed by atoms with van der Waals surface area (Å²) in [6.45, 7) is 4.60. The van der Waals surface area contributed by atoms with Crippen LogP contribution < -0.4 is 5.32 Å². The molecule has 0 bridgehead atoms. The first kappa shape index (κ1) is 17.9. The zero-order valence-electron chi connectivity index (χ0n) is 15.9. The first-order valence-electron chi connectivity index (χ1n) is 9.27. The highest BCUT2D eigenvalue weighted by Crippen LogP contribution is 2.24. The number of nitrogens with one attached hydrogen (secondary N) is 1. The summed E-state index contributed by atoms with van der Waals surface area (Å²) >= 11 is 0. The molecule has 0 spiro atoms. The SMILES string of the molecule is Cc1ccc(C)c(CNC(=O)c2cc(-c3ccccn3)nc3ccccc23)c1. The zero-order chi connectivity index (χ0) is 19.5. The van der Waals surface area contributed by atoms with E-state index < -0.39 is 0 Å². The van der Waals surface area contributed by atoms with Crippen molar-refractivity contribution in [2.24, 2.45) is 0 Å². The van der Waals surface area contributed by atoms with Crippen molar-refractivity contribution in [2.75, 3.05) is 0 Å². The normalized spacial score (nSPS) is 10.8. The summed E-state index contributed by atoms with van der Waals surface area (Å²) in [5.41, 5.74) is 6.30. The summed E-state index contributed by atoms with van der Waals surface area (Å²) in [5, 5.41) is 3.90. The third-order valence-corrected chi connectivity index (χ3v) is 4.83. The number of para-hydroxylation sites is 1. The molecule has 2 aromatic carbocycles. The predicted octanol–water partition coefficient (Wildman–Crippen LogP) is 4.84. The number of aryl methyl sites for hydroxylation is 2. The lowest BCUT2D eigenvalue weighted by atomic mass is 10.0. The molecule has 0 radical (unpaired) electrons. The van der Waals surface area contributed by atoms with Crippen LogP contribution in [-0.2, 0) is 6.54 Å². The van der Waals surface area contributed by atoms with Crippen LogP contribution in [0.1, 0.15) is 27.0 Å². The van der Waals surface area contributed by atoms with Crippen LogP contribution in [0.25, 0.3) is 22.3 Å². The fourth-order valence-corrected chi connectivity index (χ4v) is 3.27. The van der Waals surface area contributed by atoms with Gasteiger partial charge in [-0.1, -0.05) is 48.0 Å². The molecule has 28 heavy (non-hydrogen) atoms. The first-order chi connectivity index (χ1) is 13.6. The molecule has 0 aliphatic rings. The molecule has 2 heterocycles. The number of amides is 1. The molecule has 0 aliphatic heterocycles. The molecule has 4 aromatic rings. The van der Waals surface area contributed by atoms with Crippen LogP contribution in [-0.4, -0.2) is 15.9 Å². The number of hydrogen-bond acceptors (Lipinski definition) is 3. The van der Waals surface area contributed by atoms with E-state index in [-0.39, 0.29) is 5.91 Å². The summed E-state index contributed by atoms with van der Waals surface area (Å²) < 4.78 is 0. The number of nitrogens with zero attached hydrogens (tertiary/aromatic N) is 2. The Kier molecular flexibility index (Phi) is 4.85. The van der Waals surface area contributed by atoms with Gasteiger partial charge >= 0.3 is 0 Å². The number of hydrogen-bond donors (Lipinski definition) is 1. The fraction of sp³-hybridized carbons (Fsp3) is 0.125. The van der Waals surface area contributed by atoms with E-state index in [2.05, 4.69) is 42.3 Å². The van der Waals surface area contributed by atoms with Crippen molar-refractivity contribution in [3.8, 4) is 11.4 Å². The van der Waals surface area contributed by atoms with Crippen LogP contribution in [0.5, 0.6) is 0 Å². The van der Waals surface area contributed by atoms with Crippen LogP contribution in [0, 0.1) is 13.8 Å². The van der Waals surface area contributed by atoms with Crippen molar-refractivity contribution >= 4 is 16.8 Å². The van der Waals surface area contributed by atoms with Crippen LogP contribution in [0.4, 0.5) is 0 Å². The van der Waals surface area contributed by atoms with E-state index >= 15 is 0 Å². The lowest BCUT2D eigenvalue weighted by Crippen LogP contribution is -2.23. The average molecular weight is 367 g/mol. The van der Waals surface area contributed by atoms with Gasteiger partial charge in [-0.2, -0.15) is 0 Å². The molecule has 1 N–H and O–H groups in total. The molecule has 1 amide bonds. The molecule has 4 rings (SSSR count). The van der Waals surface area contributed by atoms with Gasteiger partial charge in [-0.15, -0.1) is 0 Å². The monoisotopic (exact) mass is 367 g/mol. The van der Waals surface area contributed by atoms with E-state index in [0.717, 1.165) is 22.2 Å². The highest BCUT2D eigenvalue weighted by Gasteiger charge is 2.14. The number of pyridine rings is 2. The van der Waals surface area contributed by atoms with Crippen LogP contribution >= 0.6 is 0 Å². The van der Waals surface area contributed by atoms with E-state index in [1.54, 1.807) is 6.20 Å². The zero-order valence-corrected chi connectivity index (χ0v) is 15.9. The summed E-state index contributed by atoms with van der Waals surface area (Å²) in [5.74, 6) is -0.114. The topological polar surface area (TPSA) is 54.9 Å². The maximum Gasteiger partial charge on any atom is 0.252 e. The third-order valence-electron chi connectivity index (χ3n) is 4.83. The van der Waals surface area contributed by atoms with E-state index in [1.165, 1.54) is 11.1 Å². The summed E-state index contributed by atoms with van der Waals surface area (Å²) in [4.78, 5) is 22.1. The number of carbonyl (C=O) groups excluding carboxylic acids is 1. The lowest BCUT2D eigenvalue weighted by Gasteiger charge is -2.12. The van der Waals surface area contributed by atoms with Crippen LogP contribution in [0.2, 0.25) is 0 Å². The summed E-state index contributed by atoms with van der Waals surface area (Å²) in [6, 6.07) is 21.5. The molecule has 0 fully saturated rings. The lowest BCUT2D eigenvalue weighted by molar-refractivity contribution is 0.0952. The number of rotatable bonds is 4. The Labute approximate surface area is 164 Å². The van der Waals surface area contributed by atoms with Gasteiger partial charge in [0.05, 0.1) is 22.5 Å². The van der Waals surface area contributed by atoms with Gasteiger partial charge in [0.1, 0.15) is 0 Å². The Morgan fingerprint density at radius 3 is 2.57 bits per heavy atom. The highest BCUT2D eigenvalue weighted by atomic mass is 16.1. The molecule has 0 atom stereocenters. The number of carbonyl (C=O) groups is 1. The fourth-order valence-electron chi connectivity index (χ4n) is 3.27. The van der Waals surface area contributed by atoms with Gasteiger partial charge in [0.25, 0.3) is 5.91 Å². The van der Waals surface area contributed by atoms with Gasteiger partial charge in [-0.05, 0) is 49.2 Å². The van der Waals surface area contributed by atoms with Crippen LogP contribution in [0.3, 0.4) is 0 Å². The number of benzene rings is 2. The summed E-state index contributed by atoms with van der Waals surface area (Å²) in [7, 11) is 0. The van der Waals surface area contributed by atoms with E-state index in [4.69, 9.17) is 4.98 Å². The van der Waals surface area contributed by atoms with Gasteiger partial charge in [-0.25, -0.2) is 4.98 Å². The minimum Gasteiger partial charge on any atom is -0.348 e. The molecule has 0 unspecified atom stereocenters. The Morgan fingerprint density at radius 2 is 1.75 bits per heavy atom. The Hall–Kier alpha value is -3.53. The maximum absolute atomic E-state index is 13.1. The Bertz CT molecular complexity index is 1150. The summed E-state index contributed by atoms with van der Waals surface area (Å²) in [6.07, 6.45) is 1.73. The molecular formula is C24H21N3O. The van der Waals surface area contributed by atoms with Crippen molar-refractivity contribution in [3.63, 3.8) is 0 Å². The number of aromatic nitrogens is 2. The molecule has 4 nitrogen and oxygen atoms in total. The molecule has 138 valence electrons. The quantitative estimate of drug-likeness (QED) is 0.561.